The van der Waals surface area contributed by atoms with E-state index in [0.717, 1.165) is 12.0 Å². The van der Waals surface area contributed by atoms with Crippen molar-refractivity contribution in [3.63, 3.8) is 0 Å². The Morgan fingerprint density at radius 3 is 2.52 bits per heavy atom. The molecule has 0 spiro atoms. The largest absolute Gasteiger partial charge is 0.457 e. The molecule has 8 heteroatoms. The van der Waals surface area contributed by atoms with Gasteiger partial charge >= 0.3 is 0 Å². The summed E-state index contributed by atoms with van der Waals surface area (Å²) in [5, 5.41) is 3.35. The first-order valence-corrected chi connectivity index (χ1v) is 10.6. The number of rotatable bonds is 4. The van der Waals surface area contributed by atoms with Crippen LogP contribution in [0, 0.1) is 0 Å². The lowest BCUT2D eigenvalue weighted by Gasteiger charge is -2.28. The quantitative estimate of drug-likeness (QED) is 0.304. The molecule has 0 radical (unpaired) electrons. The normalized spacial score (nSPS) is 15.5. The van der Waals surface area contributed by atoms with Gasteiger partial charge in [-0.05, 0) is 66.7 Å². The monoisotopic (exact) mass is 470 g/mol. The fraction of sp³-hybridized carbons (Fsp3) is 0.0870. The van der Waals surface area contributed by atoms with Crippen LogP contribution in [0.3, 0.4) is 0 Å². The van der Waals surface area contributed by atoms with Gasteiger partial charge in [0.1, 0.15) is 17.1 Å². The van der Waals surface area contributed by atoms with Crippen molar-refractivity contribution < 1.29 is 14.0 Å². The van der Waals surface area contributed by atoms with Gasteiger partial charge in [0.05, 0.1) is 15.7 Å². The molecule has 1 aliphatic heterocycles. The smallest absolute Gasteiger partial charge is 0.270 e. The molecule has 2 amide bonds. The summed E-state index contributed by atoms with van der Waals surface area (Å²) >= 11 is 17.6. The molecule has 156 valence electrons. The number of aryl methyl sites for hydroxylation is 1. The lowest BCUT2D eigenvalue weighted by Crippen LogP contribution is -2.54. The first-order valence-electron chi connectivity index (χ1n) is 9.43. The van der Waals surface area contributed by atoms with E-state index >= 15 is 0 Å². The molecule has 2 heterocycles. The third kappa shape index (κ3) is 4.14. The lowest BCUT2D eigenvalue weighted by molar-refractivity contribution is -0.122. The first kappa shape index (κ1) is 21.3. The maximum Gasteiger partial charge on any atom is 0.270 e. The zero-order valence-electron chi connectivity index (χ0n) is 16.3. The minimum Gasteiger partial charge on any atom is -0.457 e. The number of nitrogens with one attached hydrogen (secondary N) is 1. The molecular formula is C23H16Cl2N2O3S. The summed E-state index contributed by atoms with van der Waals surface area (Å²) in [4.78, 5) is 26.9. The van der Waals surface area contributed by atoms with E-state index in [1.165, 1.54) is 11.0 Å². The van der Waals surface area contributed by atoms with Gasteiger partial charge in [-0.15, -0.1) is 0 Å². The fourth-order valence-corrected chi connectivity index (χ4v) is 3.86. The molecular weight excluding hydrogens is 455 g/mol. The molecule has 1 aromatic heterocycles. The molecule has 0 bridgehead atoms. The van der Waals surface area contributed by atoms with Gasteiger partial charge in [-0.3, -0.25) is 19.8 Å². The SMILES string of the molecule is CCc1ccc(N2C(=O)/C(=C\c3ccc(-c4cccc(Cl)c4Cl)o3)C(=O)NC2=S)cc1. The molecule has 2 aromatic carbocycles. The standard InChI is InChI=1S/C23H16Cl2N2O3S/c1-2-13-6-8-14(9-7-13)27-22(29)17(21(28)26-23(27)31)12-15-10-11-19(30-15)16-4-3-5-18(24)20(16)25/h3-12H,2H2,1H3,(H,26,28,31)/b17-12-. The average Bonchev–Trinajstić information content (AvgIpc) is 3.22. The van der Waals surface area contributed by atoms with Gasteiger partial charge in [0.25, 0.3) is 11.8 Å². The number of carbonyl (C=O) groups is 2. The highest BCUT2D eigenvalue weighted by Crippen LogP contribution is 2.34. The van der Waals surface area contributed by atoms with Crippen molar-refractivity contribution in [3.05, 3.63) is 81.5 Å². The van der Waals surface area contributed by atoms with E-state index in [9.17, 15) is 9.59 Å². The van der Waals surface area contributed by atoms with Crippen molar-refractivity contribution in [1.82, 2.24) is 5.32 Å². The zero-order chi connectivity index (χ0) is 22.1. The third-order valence-electron chi connectivity index (χ3n) is 4.83. The van der Waals surface area contributed by atoms with Crippen LogP contribution in [0.2, 0.25) is 10.0 Å². The van der Waals surface area contributed by atoms with E-state index in [0.29, 0.717) is 32.8 Å². The Balaban J connectivity index is 1.67. The number of hydrogen-bond donors (Lipinski definition) is 1. The van der Waals surface area contributed by atoms with Crippen LogP contribution in [0.25, 0.3) is 17.4 Å². The van der Waals surface area contributed by atoms with Crippen LogP contribution < -0.4 is 10.2 Å². The molecule has 3 aromatic rings. The van der Waals surface area contributed by atoms with Gasteiger partial charge < -0.3 is 4.42 Å². The second-order valence-corrected chi connectivity index (χ2v) is 7.95. The van der Waals surface area contributed by atoms with Crippen LogP contribution in [0.4, 0.5) is 5.69 Å². The van der Waals surface area contributed by atoms with Crippen molar-refractivity contribution >= 4 is 64.1 Å². The maximum atomic E-state index is 13.1. The highest BCUT2D eigenvalue weighted by atomic mass is 35.5. The van der Waals surface area contributed by atoms with Crippen LogP contribution >= 0.6 is 35.4 Å². The minimum absolute atomic E-state index is 0.0299. The number of amides is 2. The molecule has 1 N–H and O–H groups in total. The van der Waals surface area contributed by atoms with E-state index in [1.54, 1.807) is 42.5 Å². The predicted molar refractivity (Wildman–Crippen MR) is 126 cm³/mol. The van der Waals surface area contributed by atoms with Gasteiger partial charge in [0, 0.05) is 5.56 Å². The molecule has 0 saturated carbocycles. The van der Waals surface area contributed by atoms with E-state index in [4.69, 9.17) is 39.8 Å². The van der Waals surface area contributed by atoms with Gasteiger partial charge in [-0.2, -0.15) is 0 Å². The second kappa shape index (κ2) is 8.67. The first-order chi connectivity index (χ1) is 14.9. The highest BCUT2D eigenvalue weighted by molar-refractivity contribution is 7.80. The van der Waals surface area contributed by atoms with Crippen molar-refractivity contribution in [2.24, 2.45) is 0 Å². The van der Waals surface area contributed by atoms with Crippen LogP contribution in [0.5, 0.6) is 0 Å². The number of halogens is 2. The third-order valence-corrected chi connectivity index (χ3v) is 5.94. The number of anilines is 1. The molecule has 5 nitrogen and oxygen atoms in total. The Labute approximate surface area is 194 Å². The summed E-state index contributed by atoms with van der Waals surface area (Å²) in [6.45, 7) is 2.04. The Kier molecular flexibility index (Phi) is 5.96. The van der Waals surface area contributed by atoms with E-state index < -0.39 is 11.8 Å². The Morgan fingerprint density at radius 2 is 1.81 bits per heavy atom. The van der Waals surface area contributed by atoms with E-state index in [2.05, 4.69) is 5.32 Å². The maximum absolute atomic E-state index is 13.1. The average molecular weight is 471 g/mol. The highest BCUT2D eigenvalue weighted by Gasteiger charge is 2.34. The summed E-state index contributed by atoms with van der Waals surface area (Å²) in [7, 11) is 0. The predicted octanol–water partition coefficient (Wildman–Crippen LogP) is 5.65. The second-order valence-electron chi connectivity index (χ2n) is 6.78. The van der Waals surface area contributed by atoms with E-state index in [1.807, 2.05) is 19.1 Å². The van der Waals surface area contributed by atoms with Crippen molar-refractivity contribution in [2.45, 2.75) is 13.3 Å². The molecule has 1 aliphatic rings. The Bertz CT molecular complexity index is 1230. The fourth-order valence-electron chi connectivity index (χ4n) is 3.18. The summed E-state index contributed by atoms with van der Waals surface area (Å²) in [5.74, 6) is -0.337. The van der Waals surface area contributed by atoms with Crippen LogP contribution in [-0.2, 0) is 16.0 Å². The van der Waals surface area contributed by atoms with Crippen molar-refractivity contribution in [1.29, 1.82) is 0 Å². The van der Waals surface area contributed by atoms with Crippen LogP contribution in [-0.4, -0.2) is 16.9 Å². The molecule has 0 aliphatic carbocycles. The Morgan fingerprint density at radius 1 is 1.06 bits per heavy atom. The summed E-state index contributed by atoms with van der Waals surface area (Å²) in [6.07, 6.45) is 2.26. The minimum atomic E-state index is -0.588. The van der Waals surface area contributed by atoms with Crippen molar-refractivity contribution in [2.75, 3.05) is 4.90 Å². The van der Waals surface area contributed by atoms with Crippen LogP contribution in [0.1, 0.15) is 18.2 Å². The van der Waals surface area contributed by atoms with E-state index in [-0.39, 0.29) is 10.7 Å². The lowest BCUT2D eigenvalue weighted by atomic mass is 10.1. The topological polar surface area (TPSA) is 62.6 Å². The molecule has 0 atom stereocenters. The van der Waals surface area contributed by atoms with Crippen LogP contribution in [0.15, 0.2) is 64.6 Å². The molecule has 4 rings (SSSR count). The van der Waals surface area contributed by atoms with Gasteiger partial charge in [0.2, 0.25) is 0 Å². The summed E-state index contributed by atoms with van der Waals surface area (Å²) < 4.78 is 5.80. The molecule has 1 fully saturated rings. The number of benzene rings is 2. The zero-order valence-corrected chi connectivity index (χ0v) is 18.6. The molecule has 31 heavy (non-hydrogen) atoms. The Hall–Kier alpha value is -2.93. The number of furan rings is 1. The van der Waals surface area contributed by atoms with Gasteiger partial charge in [-0.1, -0.05) is 48.3 Å². The van der Waals surface area contributed by atoms with Crippen molar-refractivity contribution in [3.8, 4) is 11.3 Å². The number of carbonyl (C=O) groups excluding carboxylic acids is 2. The summed E-state index contributed by atoms with van der Waals surface area (Å²) in [5.41, 5.74) is 2.22. The molecule has 0 unspecified atom stereocenters. The van der Waals surface area contributed by atoms with Gasteiger partial charge in [0.15, 0.2) is 5.11 Å². The van der Waals surface area contributed by atoms with Gasteiger partial charge in [-0.25, -0.2) is 0 Å². The molecule has 1 saturated heterocycles. The number of nitrogens with zero attached hydrogens (tertiary/aromatic N) is 1. The number of thiocarbonyl (C=S) groups is 1. The summed E-state index contributed by atoms with van der Waals surface area (Å²) in [6, 6.07) is 16.0. The number of hydrogen-bond acceptors (Lipinski definition) is 4.